The summed E-state index contributed by atoms with van der Waals surface area (Å²) >= 11 is 0. The Morgan fingerprint density at radius 2 is 1.68 bits per heavy atom. The summed E-state index contributed by atoms with van der Waals surface area (Å²) in [6.07, 6.45) is 0. The van der Waals surface area contributed by atoms with E-state index in [9.17, 15) is 18.0 Å². The number of benzene rings is 2. The lowest BCUT2D eigenvalue weighted by atomic mass is 10.1. The molecular weight excluding hydrogens is 344 g/mol. The number of nitrogens with one attached hydrogen (secondary N) is 1. The molecule has 2 aromatic rings. The van der Waals surface area contributed by atoms with Gasteiger partial charge in [-0.2, -0.15) is 4.72 Å². The van der Waals surface area contributed by atoms with Crippen molar-refractivity contribution < 1.29 is 22.7 Å². The van der Waals surface area contributed by atoms with Crippen molar-refractivity contribution >= 4 is 21.9 Å². The summed E-state index contributed by atoms with van der Waals surface area (Å²) < 4.78 is 32.1. The van der Waals surface area contributed by atoms with Gasteiger partial charge >= 0.3 is 5.97 Å². The molecule has 8 heteroatoms. The minimum Gasteiger partial charge on any atom is -0.462 e. The van der Waals surface area contributed by atoms with Gasteiger partial charge in [0.15, 0.2) is 0 Å². The summed E-state index contributed by atoms with van der Waals surface area (Å²) in [5, 5.41) is 0. The van der Waals surface area contributed by atoms with Crippen LogP contribution in [0.2, 0.25) is 0 Å². The minimum atomic E-state index is -4.01. The molecule has 0 saturated carbocycles. The number of ether oxygens (including phenoxy) is 1. The van der Waals surface area contributed by atoms with Crippen LogP contribution in [0.3, 0.4) is 0 Å². The number of carbonyl (C=O) groups excluding carboxylic acids is 2. The van der Waals surface area contributed by atoms with Gasteiger partial charge < -0.3 is 10.5 Å². The maximum atomic E-state index is 12.5. The number of carbonyl (C=O) groups is 2. The van der Waals surface area contributed by atoms with Crippen molar-refractivity contribution in [2.24, 2.45) is 5.73 Å². The molecule has 132 valence electrons. The first-order chi connectivity index (χ1) is 11.8. The molecule has 25 heavy (non-hydrogen) atoms. The number of primary amides is 1. The number of esters is 1. The van der Waals surface area contributed by atoms with Crippen LogP contribution in [0, 0.1) is 0 Å². The molecule has 0 aliphatic heterocycles. The highest BCUT2D eigenvalue weighted by molar-refractivity contribution is 7.89. The highest BCUT2D eigenvalue weighted by Crippen LogP contribution is 2.18. The molecule has 0 fully saturated rings. The lowest BCUT2D eigenvalue weighted by Gasteiger charge is -2.16. The van der Waals surface area contributed by atoms with Gasteiger partial charge in [-0.15, -0.1) is 0 Å². The maximum absolute atomic E-state index is 12.5. The van der Waals surface area contributed by atoms with Crippen molar-refractivity contribution in [3.05, 3.63) is 65.7 Å². The fourth-order valence-corrected chi connectivity index (χ4v) is 3.34. The molecule has 2 aromatic carbocycles. The summed E-state index contributed by atoms with van der Waals surface area (Å²) in [6.45, 7) is 1.89. The Kier molecular flexibility index (Phi) is 5.89. The van der Waals surface area contributed by atoms with Crippen molar-refractivity contribution in [3.63, 3.8) is 0 Å². The second-order valence-corrected chi connectivity index (χ2v) is 6.83. The van der Waals surface area contributed by atoms with Gasteiger partial charge in [-0.05, 0) is 36.8 Å². The second-order valence-electron chi connectivity index (χ2n) is 5.11. The molecule has 0 aliphatic carbocycles. The molecule has 0 radical (unpaired) electrons. The zero-order valence-electron chi connectivity index (χ0n) is 13.5. The molecule has 0 saturated heterocycles. The van der Waals surface area contributed by atoms with Crippen LogP contribution in [-0.4, -0.2) is 26.9 Å². The number of hydrogen-bond donors (Lipinski definition) is 2. The molecule has 0 spiro atoms. The predicted molar refractivity (Wildman–Crippen MR) is 91.1 cm³/mol. The van der Waals surface area contributed by atoms with E-state index in [4.69, 9.17) is 10.5 Å². The average molecular weight is 362 g/mol. The Balaban J connectivity index is 2.25. The van der Waals surface area contributed by atoms with Crippen LogP contribution in [0.25, 0.3) is 0 Å². The number of amides is 1. The van der Waals surface area contributed by atoms with Gasteiger partial charge in [-0.25, -0.2) is 13.2 Å². The van der Waals surface area contributed by atoms with E-state index in [1.807, 2.05) is 0 Å². The molecule has 1 amide bonds. The normalized spacial score (nSPS) is 12.4. The Morgan fingerprint density at radius 1 is 1.08 bits per heavy atom. The summed E-state index contributed by atoms with van der Waals surface area (Å²) in [5.41, 5.74) is 5.99. The summed E-state index contributed by atoms with van der Waals surface area (Å²) in [7, 11) is -4.01. The Labute approximate surface area is 145 Å². The maximum Gasteiger partial charge on any atom is 0.338 e. The van der Waals surface area contributed by atoms with Crippen molar-refractivity contribution in [1.82, 2.24) is 4.72 Å². The Bertz CT molecular complexity index is 848. The zero-order chi connectivity index (χ0) is 18.4. The van der Waals surface area contributed by atoms with Gasteiger partial charge in [-0.1, -0.05) is 30.3 Å². The average Bonchev–Trinajstić information content (AvgIpc) is 2.60. The first kappa shape index (κ1) is 18.6. The van der Waals surface area contributed by atoms with Crippen LogP contribution in [0.4, 0.5) is 0 Å². The molecule has 7 nitrogen and oxygen atoms in total. The first-order valence-electron chi connectivity index (χ1n) is 7.49. The van der Waals surface area contributed by atoms with Crippen LogP contribution in [0.15, 0.2) is 59.5 Å². The predicted octanol–water partition coefficient (Wildman–Crippen LogP) is 1.37. The molecule has 1 unspecified atom stereocenters. The van der Waals surface area contributed by atoms with E-state index in [0.29, 0.717) is 5.56 Å². The van der Waals surface area contributed by atoms with Crippen LogP contribution in [0.1, 0.15) is 28.9 Å². The highest BCUT2D eigenvalue weighted by Gasteiger charge is 2.25. The van der Waals surface area contributed by atoms with Crippen LogP contribution in [0.5, 0.6) is 0 Å². The van der Waals surface area contributed by atoms with Gasteiger partial charge in [0.1, 0.15) is 6.04 Å². The minimum absolute atomic E-state index is 0.0947. The van der Waals surface area contributed by atoms with E-state index in [1.54, 1.807) is 37.3 Å². The molecule has 1 atom stereocenters. The van der Waals surface area contributed by atoms with E-state index >= 15 is 0 Å². The third kappa shape index (κ3) is 4.65. The second kappa shape index (κ2) is 7.91. The van der Waals surface area contributed by atoms with Crippen molar-refractivity contribution in [3.8, 4) is 0 Å². The largest absolute Gasteiger partial charge is 0.462 e. The quantitative estimate of drug-likeness (QED) is 0.722. The molecule has 0 heterocycles. The Morgan fingerprint density at radius 3 is 2.20 bits per heavy atom. The van der Waals surface area contributed by atoms with Gasteiger partial charge in [0.2, 0.25) is 15.9 Å². The van der Waals surface area contributed by atoms with Crippen molar-refractivity contribution in [2.75, 3.05) is 6.61 Å². The smallest absolute Gasteiger partial charge is 0.338 e. The fourth-order valence-electron chi connectivity index (χ4n) is 2.14. The van der Waals surface area contributed by atoms with Gasteiger partial charge in [0.25, 0.3) is 0 Å². The van der Waals surface area contributed by atoms with Crippen molar-refractivity contribution in [2.45, 2.75) is 17.9 Å². The molecule has 0 bridgehead atoms. The lowest BCUT2D eigenvalue weighted by Crippen LogP contribution is -2.37. The molecular formula is C17H18N2O5S. The third-order valence-corrected chi connectivity index (χ3v) is 4.80. The van der Waals surface area contributed by atoms with Gasteiger partial charge in [0, 0.05) is 0 Å². The topological polar surface area (TPSA) is 116 Å². The van der Waals surface area contributed by atoms with E-state index in [0.717, 1.165) is 0 Å². The van der Waals surface area contributed by atoms with E-state index < -0.39 is 27.9 Å². The molecule has 3 N–H and O–H groups in total. The zero-order valence-corrected chi connectivity index (χ0v) is 14.3. The number of sulfonamides is 1. The van der Waals surface area contributed by atoms with Crippen molar-refractivity contribution in [1.29, 1.82) is 0 Å². The number of nitrogens with two attached hydrogens (primary N) is 1. The van der Waals surface area contributed by atoms with E-state index in [1.165, 1.54) is 24.3 Å². The summed E-state index contributed by atoms with van der Waals surface area (Å²) in [4.78, 5) is 23.2. The molecule has 0 aromatic heterocycles. The van der Waals surface area contributed by atoms with Crippen LogP contribution < -0.4 is 10.5 Å². The van der Waals surface area contributed by atoms with Crippen LogP contribution >= 0.6 is 0 Å². The molecule has 2 rings (SSSR count). The standard InChI is InChI=1S/C17H18N2O5S/c1-2-24-17(21)13-8-10-14(11-9-13)25(22,23)19-15(16(18)20)12-6-4-3-5-7-12/h3-11,15,19H,2H2,1H3,(H2,18,20). The van der Waals surface area contributed by atoms with Gasteiger partial charge in [0.05, 0.1) is 17.1 Å². The monoisotopic (exact) mass is 362 g/mol. The third-order valence-electron chi connectivity index (χ3n) is 3.37. The SMILES string of the molecule is CCOC(=O)c1ccc(S(=O)(=O)NC(C(N)=O)c2ccccc2)cc1. The Hall–Kier alpha value is -2.71. The number of rotatable bonds is 7. The van der Waals surface area contributed by atoms with Gasteiger partial charge in [-0.3, -0.25) is 4.79 Å². The van der Waals surface area contributed by atoms with E-state index in [-0.39, 0.29) is 17.1 Å². The van der Waals surface area contributed by atoms with Crippen LogP contribution in [-0.2, 0) is 19.6 Å². The summed E-state index contributed by atoms with van der Waals surface area (Å²) in [5.74, 6) is -1.36. The highest BCUT2D eigenvalue weighted by atomic mass is 32.2. The lowest BCUT2D eigenvalue weighted by molar-refractivity contribution is -0.119. The first-order valence-corrected chi connectivity index (χ1v) is 8.97. The number of hydrogen-bond acceptors (Lipinski definition) is 5. The fraction of sp³-hybridized carbons (Fsp3) is 0.176. The van der Waals surface area contributed by atoms with E-state index in [2.05, 4.69) is 4.72 Å². The summed E-state index contributed by atoms with van der Waals surface area (Å²) in [6, 6.07) is 12.3. The molecule has 0 aliphatic rings.